The summed E-state index contributed by atoms with van der Waals surface area (Å²) in [6, 6.07) is 7.07. The largest absolute Gasteiger partial charge is 0.497 e. The second-order valence-electron chi connectivity index (χ2n) is 6.54. The van der Waals surface area contributed by atoms with Crippen molar-refractivity contribution in [3.05, 3.63) is 29.8 Å². The van der Waals surface area contributed by atoms with Crippen LogP contribution in [0.15, 0.2) is 29.3 Å². The molecule has 26 heavy (non-hydrogen) atoms. The van der Waals surface area contributed by atoms with Gasteiger partial charge in [0, 0.05) is 32.2 Å². The minimum atomic E-state index is -0.0909. The van der Waals surface area contributed by atoms with Gasteiger partial charge in [-0.25, -0.2) is 0 Å². The molecule has 6 nitrogen and oxygen atoms in total. The van der Waals surface area contributed by atoms with E-state index in [1.54, 1.807) is 38.4 Å². The number of aliphatic imine (C=N–C) groups is 1. The maximum atomic E-state index is 12.1. The molecule has 7 heteroatoms. The van der Waals surface area contributed by atoms with Crippen LogP contribution in [0.3, 0.4) is 0 Å². The number of hydrogen-bond donors (Lipinski definition) is 3. The molecule has 1 fully saturated rings. The zero-order valence-corrected chi connectivity index (χ0v) is 18.3. The highest BCUT2D eigenvalue weighted by molar-refractivity contribution is 14.0. The molecule has 0 heterocycles. The quantitative estimate of drug-likeness (QED) is 0.235. The lowest BCUT2D eigenvalue weighted by Gasteiger charge is -2.41. The van der Waals surface area contributed by atoms with Crippen molar-refractivity contribution in [2.24, 2.45) is 10.4 Å². The molecule has 0 radical (unpaired) electrons. The molecule has 0 spiro atoms. The highest BCUT2D eigenvalue weighted by Crippen LogP contribution is 2.42. The van der Waals surface area contributed by atoms with Gasteiger partial charge in [-0.1, -0.05) is 13.3 Å². The van der Waals surface area contributed by atoms with Crippen molar-refractivity contribution in [2.75, 3.05) is 33.8 Å². The van der Waals surface area contributed by atoms with Crippen molar-refractivity contribution in [3.63, 3.8) is 0 Å². The minimum absolute atomic E-state index is 0. The third-order valence-corrected chi connectivity index (χ3v) is 5.07. The highest BCUT2D eigenvalue weighted by Gasteiger charge is 2.34. The van der Waals surface area contributed by atoms with Crippen LogP contribution in [0.5, 0.6) is 5.75 Å². The molecule has 0 bridgehead atoms. The third kappa shape index (κ3) is 6.34. The maximum Gasteiger partial charge on any atom is 0.251 e. The Bertz CT molecular complexity index is 580. The first-order valence-corrected chi connectivity index (χ1v) is 8.99. The highest BCUT2D eigenvalue weighted by atomic mass is 127. The first kappa shape index (κ1) is 22.5. The molecular weight excluding hydrogens is 443 g/mol. The number of halogens is 1. The average Bonchev–Trinajstić information content (AvgIpc) is 2.62. The topological polar surface area (TPSA) is 74.8 Å². The van der Waals surface area contributed by atoms with Crippen molar-refractivity contribution in [1.82, 2.24) is 16.0 Å². The van der Waals surface area contributed by atoms with Crippen molar-refractivity contribution in [3.8, 4) is 5.75 Å². The van der Waals surface area contributed by atoms with Gasteiger partial charge in [0.05, 0.1) is 7.11 Å². The number of rotatable bonds is 8. The van der Waals surface area contributed by atoms with E-state index < -0.39 is 0 Å². The van der Waals surface area contributed by atoms with Crippen LogP contribution >= 0.6 is 24.0 Å². The molecule has 146 valence electrons. The van der Waals surface area contributed by atoms with Gasteiger partial charge < -0.3 is 20.7 Å². The van der Waals surface area contributed by atoms with E-state index in [0.29, 0.717) is 24.1 Å². The predicted molar refractivity (Wildman–Crippen MR) is 117 cm³/mol. The van der Waals surface area contributed by atoms with Gasteiger partial charge in [0.2, 0.25) is 0 Å². The van der Waals surface area contributed by atoms with Gasteiger partial charge >= 0.3 is 0 Å². The lowest BCUT2D eigenvalue weighted by atomic mass is 9.67. The van der Waals surface area contributed by atoms with Gasteiger partial charge in [-0.2, -0.15) is 0 Å². The summed E-state index contributed by atoms with van der Waals surface area (Å²) in [6.07, 6.45) is 5.13. The Hall–Kier alpha value is -1.51. The Morgan fingerprint density at radius 3 is 2.31 bits per heavy atom. The first-order valence-electron chi connectivity index (χ1n) is 8.99. The van der Waals surface area contributed by atoms with Crippen molar-refractivity contribution in [1.29, 1.82) is 0 Å². The summed E-state index contributed by atoms with van der Waals surface area (Å²) < 4.78 is 5.09. The van der Waals surface area contributed by atoms with E-state index in [1.807, 2.05) is 0 Å². The zero-order valence-electron chi connectivity index (χ0n) is 15.9. The summed E-state index contributed by atoms with van der Waals surface area (Å²) in [7, 11) is 3.37. The van der Waals surface area contributed by atoms with E-state index in [9.17, 15) is 4.79 Å². The van der Waals surface area contributed by atoms with E-state index in [4.69, 9.17) is 4.74 Å². The minimum Gasteiger partial charge on any atom is -0.497 e. The molecule has 0 atom stereocenters. The molecule has 1 aromatic rings. The van der Waals surface area contributed by atoms with Gasteiger partial charge in [0.1, 0.15) is 5.75 Å². The van der Waals surface area contributed by atoms with Crippen molar-refractivity contribution < 1.29 is 9.53 Å². The summed E-state index contributed by atoms with van der Waals surface area (Å²) in [4.78, 5) is 16.3. The average molecular weight is 474 g/mol. The first-order chi connectivity index (χ1) is 12.1. The number of hydrogen-bond acceptors (Lipinski definition) is 3. The Kier molecular flexibility index (Phi) is 9.75. The maximum absolute atomic E-state index is 12.1. The smallest absolute Gasteiger partial charge is 0.251 e. The van der Waals surface area contributed by atoms with Gasteiger partial charge in [-0.15, -0.1) is 24.0 Å². The fraction of sp³-hybridized carbons (Fsp3) is 0.579. The van der Waals surface area contributed by atoms with Crippen LogP contribution in [0.4, 0.5) is 0 Å². The molecule has 0 unspecified atom stereocenters. The fourth-order valence-corrected chi connectivity index (χ4v) is 3.03. The van der Waals surface area contributed by atoms with Gasteiger partial charge in [-0.3, -0.25) is 9.79 Å². The molecule has 0 aliphatic heterocycles. The lowest BCUT2D eigenvalue weighted by Crippen LogP contribution is -2.47. The molecule has 1 aromatic carbocycles. The van der Waals surface area contributed by atoms with E-state index in [1.165, 1.54) is 25.7 Å². The number of nitrogens with one attached hydrogen (secondary N) is 3. The summed E-state index contributed by atoms with van der Waals surface area (Å²) >= 11 is 0. The van der Waals surface area contributed by atoms with E-state index in [0.717, 1.165) is 18.3 Å². The van der Waals surface area contributed by atoms with E-state index >= 15 is 0 Å². The molecule has 2 rings (SSSR count). The fourth-order valence-electron chi connectivity index (χ4n) is 3.03. The standard InChI is InChI=1S/C19H30N4O2.HI/c1-4-19(10-5-11-19)14-23-18(20-2)22-13-12-21-17(24)15-6-8-16(25-3)9-7-15;/h6-9H,4-5,10-14H2,1-3H3,(H,21,24)(H2,20,22,23);1H. The van der Waals surface area contributed by atoms with Crippen LogP contribution in [0.1, 0.15) is 43.0 Å². The SMILES string of the molecule is CCC1(CNC(=NC)NCCNC(=O)c2ccc(OC)cc2)CCC1.I. The van der Waals surface area contributed by atoms with Crippen LogP contribution in [0.2, 0.25) is 0 Å². The van der Waals surface area contributed by atoms with Crippen LogP contribution < -0.4 is 20.7 Å². The lowest BCUT2D eigenvalue weighted by molar-refractivity contribution is 0.0954. The normalized spacial score (nSPS) is 15.3. The van der Waals surface area contributed by atoms with Crippen LogP contribution in [-0.4, -0.2) is 45.7 Å². The predicted octanol–water partition coefficient (Wildman–Crippen LogP) is 2.79. The number of carbonyl (C=O) groups is 1. The molecule has 1 saturated carbocycles. The monoisotopic (exact) mass is 474 g/mol. The Morgan fingerprint density at radius 1 is 1.15 bits per heavy atom. The molecule has 0 aromatic heterocycles. The summed E-state index contributed by atoms with van der Waals surface area (Å²) in [5.74, 6) is 1.44. The van der Waals surface area contributed by atoms with E-state index in [-0.39, 0.29) is 29.9 Å². The molecule has 1 aliphatic rings. The Morgan fingerprint density at radius 2 is 1.81 bits per heavy atom. The van der Waals surface area contributed by atoms with Crippen LogP contribution in [0.25, 0.3) is 0 Å². The number of amides is 1. The van der Waals surface area contributed by atoms with Crippen LogP contribution in [-0.2, 0) is 0 Å². The number of nitrogens with zero attached hydrogens (tertiary/aromatic N) is 1. The van der Waals surface area contributed by atoms with Crippen molar-refractivity contribution in [2.45, 2.75) is 32.6 Å². The summed E-state index contributed by atoms with van der Waals surface area (Å²) in [6.45, 7) is 4.37. The summed E-state index contributed by atoms with van der Waals surface area (Å²) in [5, 5.41) is 9.55. The number of carbonyl (C=O) groups excluding carboxylic acids is 1. The van der Waals surface area contributed by atoms with Crippen molar-refractivity contribution >= 4 is 35.8 Å². The second kappa shape index (κ2) is 11.3. The Balaban J connectivity index is 0.00000338. The number of guanidine groups is 1. The van der Waals surface area contributed by atoms with Gasteiger partial charge in [0.25, 0.3) is 5.91 Å². The Labute approximate surface area is 173 Å². The second-order valence-corrected chi connectivity index (χ2v) is 6.54. The summed E-state index contributed by atoms with van der Waals surface area (Å²) in [5.41, 5.74) is 1.07. The molecule has 0 saturated heterocycles. The molecular formula is C19H31IN4O2. The number of benzene rings is 1. The third-order valence-electron chi connectivity index (χ3n) is 5.07. The van der Waals surface area contributed by atoms with E-state index in [2.05, 4.69) is 27.9 Å². The molecule has 1 amide bonds. The van der Waals surface area contributed by atoms with Gasteiger partial charge in [0.15, 0.2) is 5.96 Å². The number of ether oxygens (including phenoxy) is 1. The van der Waals surface area contributed by atoms with Gasteiger partial charge in [-0.05, 0) is 48.9 Å². The van der Waals surface area contributed by atoms with Crippen LogP contribution in [0, 0.1) is 5.41 Å². The zero-order chi connectivity index (χ0) is 18.1. The number of methoxy groups -OCH3 is 1. The molecule has 1 aliphatic carbocycles. The molecule has 3 N–H and O–H groups in total.